The van der Waals surface area contributed by atoms with Crippen LogP contribution in [0.1, 0.15) is 20.8 Å². The van der Waals surface area contributed by atoms with Gasteiger partial charge in [-0.2, -0.15) is 10.2 Å². The molecule has 66 valence electrons. The van der Waals surface area contributed by atoms with Gasteiger partial charge in [-0.25, -0.2) is 0 Å². The van der Waals surface area contributed by atoms with Crippen molar-refractivity contribution in [3.05, 3.63) is 0 Å². The summed E-state index contributed by atoms with van der Waals surface area (Å²) in [4.78, 5) is 22.5. The topological polar surface area (TPSA) is 58.9 Å². The molecular formula is C8H12N2O2. The molecule has 0 bridgehead atoms. The second-order valence-electron chi connectivity index (χ2n) is 3.20. The van der Waals surface area contributed by atoms with Crippen LogP contribution in [-0.4, -0.2) is 23.7 Å². The van der Waals surface area contributed by atoms with Gasteiger partial charge in [-0.05, 0) is 13.8 Å². The third-order valence-corrected chi connectivity index (χ3v) is 2.37. The summed E-state index contributed by atoms with van der Waals surface area (Å²) in [6.07, 6.45) is 0. The van der Waals surface area contributed by atoms with Crippen molar-refractivity contribution in [2.75, 3.05) is 6.54 Å². The molecule has 4 heteroatoms. The minimum Gasteiger partial charge on any atom is -0.297 e. The molecule has 1 unspecified atom stereocenters. The van der Waals surface area contributed by atoms with Gasteiger partial charge in [-0.3, -0.25) is 9.59 Å². The normalized spacial score (nSPS) is 25.8. The monoisotopic (exact) mass is 168 g/mol. The van der Waals surface area contributed by atoms with E-state index < -0.39 is 5.54 Å². The maximum Gasteiger partial charge on any atom is 0.201 e. The van der Waals surface area contributed by atoms with Crippen molar-refractivity contribution in [2.45, 2.75) is 26.3 Å². The number of azo groups is 1. The van der Waals surface area contributed by atoms with Crippen LogP contribution in [0, 0.1) is 5.92 Å². The van der Waals surface area contributed by atoms with Crippen molar-refractivity contribution in [3.8, 4) is 0 Å². The Labute approximate surface area is 71.1 Å². The Bertz CT molecular complexity index is 244. The highest BCUT2D eigenvalue weighted by Crippen LogP contribution is 2.30. The van der Waals surface area contributed by atoms with Gasteiger partial charge in [0.1, 0.15) is 0 Å². The predicted octanol–water partition coefficient (Wildman–Crippen LogP) is 1.01. The number of carbonyl (C=O) groups excluding carboxylic acids is 2. The zero-order valence-corrected chi connectivity index (χ0v) is 7.50. The molecule has 0 N–H and O–H groups in total. The first-order chi connectivity index (χ1) is 5.51. The van der Waals surface area contributed by atoms with Crippen molar-refractivity contribution >= 4 is 11.6 Å². The quantitative estimate of drug-likeness (QED) is 0.577. The molecule has 0 amide bonds. The summed E-state index contributed by atoms with van der Waals surface area (Å²) < 4.78 is 0. The maximum atomic E-state index is 11.2. The van der Waals surface area contributed by atoms with E-state index in [1.807, 2.05) is 6.92 Å². The molecule has 0 spiro atoms. The van der Waals surface area contributed by atoms with Crippen molar-refractivity contribution in [1.82, 2.24) is 0 Å². The van der Waals surface area contributed by atoms with Crippen LogP contribution < -0.4 is 0 Å². The van der Waals surface area contributed by atoms with Crippen molar-refractivity contribution < 1.29 is 9.59 Å². The fourth-order valence-corrected chi connectivity index (χ4v) is 1.59. The molecule has 0 saturated heterocycles. The van der Waals surface area contributed by atoms with Crippen molar-refractivity contribution in [2.24, 2.45) is 16.1 Å². The molecule has 0 aromatic carbocycles. The second-order valence-corrected chi connectivity index (χ2v) is 3.20. The number of hydrogen-bond donors (Lipinski definition) is 0. The number of nitrogens with zero attached hydrogens (tertiary/aromatic N) is 2. The molecule has 0 saturated carbocycles. The van der Waals surface area contributed by atoms with Crippen LogP contribution in [0.4, 0.5) is 0 Å². The van der Waals surface area contributed by atoms with Crippen molar-refractivity contribution in [1.29, 1.82) is 0 Å². The molecule has 12 heavy (non-hydrogen) atoms. The van der Waals surface area contributed by atoms with Crippen molar-refractivity contribution in [3.63, 3.8) is 0 Å². The van der Waals surface area contributed by atoms with Gasteiger partial charge in [0.15, 0.2) is 11.6 Å². The van der Waals surface area contributed by atoms with Gasteiger partial charge in [0.05, 0.1) is 6.54 Å². The van der Waals surface area contributed by atoms with Gasteiger partial charge in [0.2, 0.25) is 5.54 Å². The smallest absolute Gasteiger partial charge is 0.201 e. The van der Waals surface area contributed by atoms with E-state index in [0.717, 1.165) is 0 Å². The van der Waals surface area contributed by atoms with E-state index in [4.69, 9.17) is 0 Å². The van der Waals surface area contributed by atoms with Gasteiger partial charge in [0, 0.05) is 5.92 Å². The highest BCUT2D eigenvalue weighted by molar-refractivity contribution is 6.10. The van der Waals surface area contributed by atoms with Crippen LogP contribution in [0.3, 0.4) is 0 Å². The molecule has 0 aliphatic carbocycles. The minimum atomic E-state index is -1.17. The molecule has 0 fully saturated rings. The minimum absolute atomic E-state index is 0.0903. The Morgan fingerprint density at radius 1 is 1.33 bits per heavy atom. The summed E-state index contributed by atoms with van der Waals surface area (Å²) in [6.45, 7) is 5.08. The zero-order chi connectivity index (χ0) is 9.35. The average molecular weight is 168 g/mol. The summed E-state index contributed by atoms with van der Waals surface area (Å²) >= 11 is 0. The molecular weight excluding hydrogens is 156 g/mol. The highest BCUT2D eigenvalue weighted by Gasteiger charge is 2.48. The molecule has 1 heterocycles. The molecule has 1 atom stereocenters. The Balaban J connectivity index is 3.10. The third kappa shape index (κ3) is 0.983. The van der Waals surface area contributed by atoms with Crippen LogP contribution in [0.15, 0.2) is 10.2 Å². The standard InChI is InChI=1S/C8H12N2O2/c1-5-4-9-10-8(5,6(2)11)7(3)12/h5H,4H2,1-3H3. The number of Topliss-reactive ketones (excluding diaryl/α,β-unsaturated/α-hetero) is 2. The second kappa shape index (κ2) is 2.77. The van der Waals surface area contributed by atoms with Gasteiger partial charge in [-0.1, -0.05) is 6.92 Å². The fourth-order valence-electron chi connectivity index (χ4n) is 1.59. The lowest BCUT2D eigenvalue weighted by Gasteiger charge is -2.22. The fraction of sp³-hybridized carbons (Fsp3) is 0.750. The first-order valence-corrected chi connectivity index (χ1v) is 3.92. The number of hydrogen-bond acceptors (Lipinski definition) is 4. The molecule has 0 aromatic heterocycles. The lowest BCUT2D eigenvalue weighted by molar-refractivity contribution is -0.133. The number of rotatable bonds is 2. The largest absolute Gasteiger partial charge is 0.297 e. The van der Waals surface area contributed by atoms with Gasteiger partial charge < -0.3 is 0 Å². The Hall–Kier alpha value is -1.06. The number of ketones is 2. The molecule has 1 aliphatic heterocycles. The average Bonchev–Trinajstić information content (AvgIpc) is 2.31. The van der Waals surface area contributed by atoms with Crippen LogP contribution in [0.2, 0.25) is 0 Å². The van der Waals surface area contributed by atoms with E-state index in [1.165, 1.54) is 13.8 Å². The molecule has 1 rings (SSSR count). The molecule has 0 radical (unpaired) electrons. The van der Waals surface area contributed by atoms with Crippen LogP contribution in [0.5, 0.6) is 0 Å². The van der Waals surface area contributed by atoms with E-state index in [1.54, 1.807) is 0 Å². The molecule has 4 nitrogen and oxygen atoms in total. The van der Waals surface area contributed by atoms with E-state index in [2.05, 4.69) is 10.2 Å². The van der Waals surface area contributed by atoms with E-state index >= 15 is 0 Å². The van der Waals surface area contributed by atoms with Gasteiger partial charge >= 0.3 is 0 Å². The first kappa shape index (κ1) is 9.03. The molecule has 0 aromatic rings. The zero-order valence-electron chi connectivity index (χ0n) is 7.50. The lowest BCUT2D eigenvalue weighted by Crippen LogP contribution is -2.46. The van der Waals surface area contributed by atoms with Crippen LogP contribution in [-0.2, 0) is 9.59 Å². The summed E-state index contributed by atoms with van der Waals surface area (Å²) in [5.74, 6) is -0.500. The Morgan fingerprint density at radius 2 is 1.83 bits per heavy atom. The predicted molar refractivity (Wildman–Crippen MR) is 43.0 cm³/mol. The summed E-state index contributed by atoms with van der Waals surface area (Å²) in [5.41, 5.74) is -1.17. The lowest BCUT2D eigenvalue weighted by atomic mass is 9.80. The molecule has 1 aliphatic rings. The van der Waals surface area contributed by atoms with Gasteiger partial charge in [-0.15, -0.1) is 0 Å². The SMILES string of the molecule is CC(=O)C1(C(C)=O)N=NCC1C. The summed E-state index contributed by atoms with van der Waals surface area (Å²) in [5, 5.41) is 7.52. The van der Waals surface area contributed by atoms with Crippen LogP contribution in [0.25, 0.3) is 0 Å². The summed E-state index contributed by atoms with van der Waals surface area (Å²) in [7, 11) is 0. The highest BCUT2D eigenvalue weighted by atomic mass is 16.2. The number of carbonyl (C=O) groups is 2. The summed E-state index contributed by atoms with van der Waals surface area (Å²) in [6, 6.07) is 0. The van der Waals surface area contributed by atoms with E-state index in [-0.39, 0.29) is 17.5 Å². The Kier molecular flexibility index (Phi) is 2.08. The van der Waals surface area contributed by atoms with E-state index in [9.17, 15) is 9.59 Å². The maximum absolute atomic E-state index is 11.2. The van der Waals surface area contributed by atoms with E-state index in [0.29, 0.717) is 6.54 Å². The first-order valence-electron chi connectivity index (χ1n) is 3.92. The van der Waals surface area contributed by atoms with Crippen LogP contribution >= 0.6 is 0 Å². The van der Waals surface area contributed by atoms with Gasteiger partial charge in [0.25, 0.3) is 0 Å². The Morgan fingerprint density at radius 3 is 2.00 bits per heavy atom. The third-order valence-electron chi connectivity index (χ3n) is 2.37.